The van der Waals surface area contributed by atoms with E-state index in [-0.39, 0.29) is 5.91 Å². The molecular formula is C17H16ClNO2S. The highest BCUT2D eigenvalue weighted by atomic mass is 35.5. The van der Waals surface area contributed by atoms with E-state index in [2.05, 4.69) is 13.0 Å². The zero-order chi connectivity index (χ0) is 15.9. The Morgan fingerprint density at radius 3 is 2.73 bits per heavy atom. The fourth-order valence-electron chi connectivity index (χ4n) is 2.44. The van der Waals surface area contributed by atoms with Gasteiger partial charge < -0.3 is 9.32 Å². The van der Waals surface area contributed by atoms with Crippen molar-refractivity contribution in [1.82, 2.24) is 4.90 Å². The summed E-state index contributed by atoms with van der Waals surface area (Å²) in [5, 5.41) is 3.45. The second-order valence-electron chi connectivity index (χ2n) is 5.36. The van der Waals surface area contributed by atoms with Crippen LogP contribution in [0.15, 0.2) is 34.1 Å². The first kappa shape index (κ1) is 15.1. The van der Waals surface area contributed by atoms with E-state index >= 15 is 0 Å². The van der Waals surface area contributed by atoms with Gasteiger partial charge >= 0.3 is 0 Å². The molecule has 0 bridgehead atoms. The van der Waals surface area contributed by atoms with Crippen LogP contribution < -0.4 is 0 Å². The molecule has 0 aliphatic heterocycles. The molecule has 114 valence electrons. The molecule has 1 aromatic carbocycles. The van der Waals surface area contributed by atoms with Gasteiger partial charge in [0.1, 0.15) is 0 Å². The molecule has 0 saturated carbocycles. The summed E-state index contributed by atoms with van der Waals surface area (Å²) in [4.78, 5) is 15.5. The van der Waals surface area contributed by atoms with Gasteiger partial charge in [-0.05, 0) is 36.9 Å². The van der Waals surface area contributed by atoms with E-state index in [4.69, 9.17) is 16.0 Å². The van der Waals surface area contributed by atoms with Gasteiger partial charge in [0.2, 0.25) is 0 Å². The molecule has 22 heavy (non-hydrogen) atoms. The molecule has 0 N–H and O–H groups in total. The summed E-state index contributed by atoms with van der Waals surface area (Å²) in [5.41, 5.74) is 2.61. The van der Waals surface area contributed by atoms with Gasteiger partial charge in [0.05, 0.1) is 11.6 Å². The third-order valence-electron chi connectivity index (χ3n) is 3.81. The van der Waals surface area contributed by atoms with Crippen LogP contribution in [0, 0.1) is 13.8 Å². The smallest absolute Gasteiger partial charge is 0.289 e. The van der Waals surface area contributed by atoms with Crippen molar-refractivity contribution in [3.8, 4) is 0 Å². The summed E-state index contributed by atoms with van der Waals surface area (Å²) in [7, 11) is 1.79. The molecule has 3 aromatic rings. The van der Waals surface area contributed by atoms with Crippen LogP contribution in [-0.2, 0) is 6.54 Å². The molecule has 0 radical (unpaired) electrons. The van der Waals surface area contributed by atoms with Crippen LogP contribution in [0.25, 0.3) is 11.0 Å². The summed E-state index contributed by atoms with van der Waals surface area (Å²) in [6, 6.07) is 7.60. The monoisotopic (exact) mass is 333 g/mol. The van der Waals surface area contributed by atoms with Gasteiger partial charge in [0, 0.05) is 22.9 Å². The van der Waals surface area contributed by atoms with E-state index in [1.807, 2.05) is 24.4 Å². The largest absolute Gasteiger partial charge is 0.449 e. The third kappa shape index (κ3) is 2.53. The molecule has 0 aliphatic rings. The lowest BCUT2D eigenvalue weighted by atomic mass is 10.1. The molecule has 3 rings (SSSR count). The zero-order valence-electron chi connectivity index (χ0n) is 12.6. The number of fused-ring (bicyclic) bond motifs is 1. The Balaban J connectivity index is 1.93. The molecule has 2 heterocycles. The maximum Gasteiger partial charge on any atom is 0.289 e. The van der Waals surface area contributed by atoms with Gasteiger partial charge in [-0.15, -0.1) is 11.3 Å². The van der Waals surface area contributed by atoms with Crippen molar-refractivity contribution in [3.63, 3.8) is 0 Å². The van der Waals surface area contributed by atoms with E-state index in [1.165, 1.54) is 10.4 Å². The molecule has 1 amide bonds. The number of halogens is 1. The Labute approximate surface area is 138 Å². The maximum atomic E-state index is 12.7. The number of rotatable bonds is 3. The van der Waals surface area contributed by atoms with E-state index < -0.39 is 0 Å². The second kappa shape index (κ2) is 5.78. The number of furan rings is 1. The van der Waals surface area contributed by atoms with E-state index in [0.29, 0.717) is 22.9 Å². The van der Waals surface area contributed by atoms with Crippen molar-refractivity contribution in [1.29, 1.82) is 0 Å². The number of carbonyl (C=O) groups is 1. The fourth-order valence-corrected chi connectivity index (χ4v) is 3.61. The Hall–Kier alpha value is -1.78. The van der Waals surface area contributed by atoms with Crippen molar-refractivity contribution in [2.24, 2.45) is 0 Å². The highest BCUT2D eigenvalue weighted by Gasteiger charge is 2.22. The third-order valence-corrected chi connectivity index (χ3v) is 5.11. The highest BCUT2D eigenvalue weighted by Crippen LogP contribution is 2.31. The first-order valence-electron chi connectivity index (χ1n) is 6.95. The molecule has 0 spiro atoms. The van der Waals surface area contributed by atoms with Gasteiger partial charge in [0.15, 0.2) is 11.3 Å². The first-order valence-corrected chi connectivity index (χ1v) is 8.21. The average Bonchev–Trinajstić information content (AvgIpc) is 3.04. The zero-order valence-corrected chi connectivity index (χ0v) is 14.2. The molecule has 2 aromatic heterocycles. The molecule has 0 atom stereocenters. The summed E-state index contributed by atoms with van der Waals surface area (Å²) < 4.78 is 5.74. The molecule has 0 aliphatic carbocycles. The van der Waals surface area contributed by atoms with E-state index in [9.17, 15) is 4.79 Å². The summed E-state index contributed by atoms with van der Waals surface area (Å²) in [5.74, 6) is 0.234. The lowest BCUT2D eigenvalue weighted by Crippen LogP contribution is -2.26. The molecule has 0 saturated heterocycles. The minimum absolute atomic E-state index is 0.127. The molecule has 0 unspecified atom stereocenters. The summed E-state index contributed by atoms with van der Waals surface area (Å²) in [6.45, 7) is 4.52. The number of hydrogen-bond donors (Lipinski definition) is 0. The minimum atomic E-state index is -0.127. The number of para-hydroxylation sites is 1. The van der Waals surface area contributed by atoms with Crippen molar-refractivity contribution in [2.75, 3.05) is 7.05 Å². The Bertz CT molecular complexity index is 850. The number of nitrogens with zero attached hydrogens (tertiary/aromatic N) is 1. The number of benzene rings is 1. The predicted molar refractivity (Wildman–Crippen MR) is 90.8 cm³/mol. The topological polar surface area (TPSA) is 33.5 Å². The van der Waals surface area contributed by atoms with Crippen LogP contribution in [-0.4, -0.2) is 17.9 Å². The lowest BCUT2D eigenvalue weighted by Gasteiger charge is -2.15. The predicted octanol–water partition coefficient (Wildman–Crippen LogP) is 5.04. The average molecular weight is 334 g/mol. The maximum absolute atomic E-state index is 12.7. The quantitative estimate of drug-likeness (QED) is 0.673. The standard InChI is InChI=1S/C17H16ClNO2S/c1-10-7-8-22-14(10)9-19(3)17(20)15-11(2)12-5-4-6-13(18)16(12)21-15/h4-8H,9H2,1-3H3. The Morgan fingerprint density at radius 1 is 1.32 bits per heavy atom. The minimum Gasteiger partial charge on any atom is -0.449 e. The SMILES string of the molecule is Cc1ccsc1CN(C)C(=O)c1oc2c(Cl)cccc2c1C. The van der Waals surface area contributed by atoms with Crippen LogP contribution in [0.5, 0.6) is 0 Å². The van der Waals surface area contributed by atoms with Crippen LogP contribution in [0.1, 0.15) is 26.6 Å². The molecule has 3 nitrogen and oxygen atoms in total. The Kier molecular flexibility index (Phi) is 3.98. The van der Waals surface area contributed by atoms with Crippen LogP contribution >= 0.6 is 22.9 Å². The number of hydrogen-bond acceptors (Lipinski definition) is 3. The van der Waals surface area contributed by atoms with E-state index in [0.717, 1.165) is 10.9 Å². The van der Waals surface area contributed by atoms with Crippen molar-refractivity contribution in [3.05, 3.63) is 56.4 Å². The van der Waals surface area contributed by atoms with Gasteiger partial charge in [-0.1, -0.05) is 23.7 Å². The number of amides is 1. The van der Waals surface area contributed by atoms with Gasteiger partial charge in [-0.25, -0.2) is 0 Å². The molecule has 0 fully saturated rings. The number of aryl methyl sites for hydroxylation is 2. The van der Waals surface area contributed by atoms with Gasteiger partial charge in [0.25, 0.3) is 5.91 Å². The normalized spacial score (nSPS) is 11.1. The fraction of sp³-hybridized carbons (Fsp3) is 0.235. The number of thiophene rings is 1. The first-order chi connectivity index (χ1) is 10.5. The summed E-state index contributed by atoms with van der Waals surface area (Å²) >= 11 is 7.80. The van der Waals surface area contributed by atoms with Crippen molar-refractivity contribution in [2.45, 2.75) is 20.4 Å². The summed E-state index contributed by atoms with van der Waals surface area (Å²) in [6.07, 6.45) is 0. The highest BCUT2D eigenvalue weighted by molar-refractivity contribution is 7.10. The number of carbonyl (C=O) groups excluding carboxylic acids is 1. The Morgan fingerprint density at radius 2 is 2.09 bits per heavy atom. The van der Waals surface area contributed by atoms with Gasteiger partial charge in [-0.2, -0.15) is 0 Å². The van der Waals surface area contributed by atoms with Crippen LogP contribution in [0.4, 0.5) is 0 Å². The molecule has 5 heteroatoms. The van der Waals surface area contributed by atoms with E-state index in [1.54, 1.807) is 29.4 Å². The molecular weight excluding hydrogens is 318 g/mol. The lowest BCUT2D eigenvalue weighted by molar-refractivity contribution is 0.0756. The van der Waals surface area contributed by atoms with Gasteiger partial charge in [-0.3, -0.25) is 4.79 Å². The van der Waals surface area contributed by atoms with Crippen LogP contribution in [0.2, 0.25) is 5.02 Å². The van der Waals surface area contributed by atoms with Crippen LogP contribution in [0.3, 0.4) is 0 Å². The second-order valence-corrected chi connectivity index (χ2v) is 6.77. The van der Waals surface area contributed by atoms with Crippen molar-refractivity contribution >= 4 is 39.8 Å². The van der Waals surface area contributed by atoms with Crippen molar-refractivity contribution < 1.29 is 9.21 Å².